The zero-order chi connectivity index (χ0) is 12.8. The maximum absolute atomic E-state index is 10.3. The number of aryl methyl sites for hydroxylation is 1. The molecule has 0 unspecified atom stereocenters. The molecule has 18 heavy (non-hydrogen) atoms. The van der Waals surface area contributed by atoms with E-state index in [-0.39, 0.29) is 5.75 Å². The van der Waals surface area contributed by atoms with Crippen LogP contribution in [-0.2, 0) is 11.2 Å². The predicted molar refractivity (Wildman–Crippen MR) is 73.1 cm³/mol. The van der Waals surface area contributed by atoms with Gasteiger partial charge in [0.05, 0.1) is 23.8 Å². The molecule has 2 aromatic rings. The summed E-state index contributed by atoms with van der Waals surface area (Å²) in [5, 5.41) is 8.51. The van der Waals surface area contributed by atoms with Crippen LogP contribution in [0.5, 0.6) is 0 Å². The number of thioether (sulfide) groups is 1. The summed E-state index contributed by atoms with van der Waals surface area (Å²) in [6.45, 7) is 0. The van der Waals surface area contributed by atoms with Gasteiger partial charge in [0.1, 0.15) is 0 Å². The molecule has 2 rings (SSSR count). The molecule has 0 aliphatic heterocycles. The Labute approximate surface area is 110 Å². The largest absolute Gasteiger partial charge is 0.481 e. The molecule has 0 amide bonds. The van der Waals surface area contributed by atoms with E-state index >= 15 is 0 Å². The van der Waals surface area contributed by atoms with Crippen molar-refractivity contribution in [1.82, 2.24) is 9.38 Å². The van der Waals surface area contributed by atoms with Gasteiger partial charge in [0, 0.05) is 5.69 Å². The van der Waals surface area contributed by atoms with Gasteiger partial charge in [-0.15, -0.1) is 0 Å². The first-order valence-corrected chi connectivity index (χ1v) is 7.12. The van der Waals surface area contributed by atoms with E-state index in [1.165, 1.54) is 17.5 Å². The van der Waals surface area contributed by atoms with Gasteiger partial charge in [-0.25, -0.2) is 4.98 Å². The Hall–Kier alpha value is -1.49. The Morgan fingerprint density at radius 3 is 3.11 bits per heavy atom. The third kappa shape index (κ3) is 3.50. The van der Waals surface area contributed by atoms with Crippen LogP contribution in [0.15, 0.2) is 30.7 Å². The highest BCUT2D eigenvalue weighted by atomic mass is 32.2. The van der Waals surface area contributed by atoms with Crippen molar-refractivity contribution >= 4 is 23.2 Å². The summed E-state index contributed by atoms with van der Waals surface area (Å²) in [5.74, 6) is 0.381. The van der Waals surface area contributed by atoms with Gasteiger partial charge in [0.2, 0.25) is 0 Å². The van der Waals surface area contributed by atoms with Gasteiger partial charge < -0.3 is 9.51 Å². The molecule has 5 heteroatoms. The van der Waals surface area contributed by atoms with Crippen molar-refractivity contribution in [3.63, 3.8) is 0 Å². The molecule has 0 fully saturated rings. The first kappa shape index (κ1) is 13.0. The monoisotopic (exact) mass is 264 g/mol. The molecule has 0 radical (unpaired) electrons. The van der Waals surface area contributed by atoms with Crippen LogP contribution in [0.25, 0.3) is 5.52 Å². The highest BCUT2D eigenvalue weighted by molar-refractivity contribution is 7.99. The third-order valence-electron chi connectivity index (χ3n) is 2.73. The third-order valence-corrected chi connectivity index (χ3v) is 3.76. The van der Waals surface area contributed by atoms with E-state index in [4.69, 9.17) is 5.11 Å². The summed E-state index contributed by atoms with van der Waals surface area (Å²) in [7, 11) is 0. The van der Waals surface area contributed by atoms with E-state index in [2.05, 4.69) is 15.5 Å². The van der Waals surface area contributed by atoms with Gasteiger partial charge in [-0.1, -0.05) is 6.07 Å². The number of imidazole rings is 1. The number of hydrogen-bond acceptors (Lipinski definition) is 3. The zero-order valence-corrected chi connectivity index (χ0v) is 10.9. The molecular weight excluding hydrogens is 248 g/mol. The maximum atomic E-state index is 10.3. The molecular formula is C13H16N2O2S. The normalized spacial score (nSPS) is 10.9. The second kappa shape index (κ2) is 6.44. The summed E-state index contributed by atoms with van der Waals surface area (Å²) < 4.78 is 2.10. The van der Waals surface area contributed by atoms with Crippen LogP contribution in [0, 0.1) is 0 Å². The fourth-order valence-electron chi connectivity index (χ4n) is 1.88. The van der Waals surface area contributed by atoms with Crippen molar-refractivity contribution in [3.05, 3.63) is 36.4 Å². The Kier molecular flexibility index (Phi) is 4.64. The topological polar surface area (TPSA) is 54.6 Å². The summed E-state index contributed by atoms with van der Waals surface area (Å²) >= 11 is 1.48. The highest BCUT2D eigenvalue weighted by Gasteiger charge is 2.01. The number of pyridine rings is 1. The van der Waals surface area contributed by atoms with E-state index in [9.17, 15) is 4.79 Å². The van der Waals surface area contributed by atoms with Gasteiger partial charge >= 0.3 is 5.97 Å². The Balaban J connectivity index is 1.76. The summed E-state index contributed by atoms with van der Waals surface area (Å²) in [4.78, 5) is 14.5. The summed E-state index contributed by atoms with van der Waals surface area (Å²) in [6.07, 6.45) is 6.81. The minimum atomic E-state index is -0.733. The molecule has 0 aliphatic carbocycles. The van der Waals surface area contributed by atoms with Crippen LogP contribution < -0.4 is 0 Å². The molecule has 0 aromatic carbocycles. The lowest BCUT2D eigenvalue weighted by molar-refractivity contribution is -0.133. The fourth-order valence-corrected chi connectivity index (χ4v) is 2.61. The number of carboxylic acids is 1. The number of rotatable bonds is 7. The van der Waals surface area contributed by atoms with E-state index in [1.54, 1.807) is 0 Å². The van der Waals surface area contributed by atoms with Crippen molar-refractivity contribution in [2.45, 2.75) is 19.3 Å². The Morgan fingerprint density at radius 2 is 2.28 bits per heavy atom. The van der Waals surface area contributed by atoms with E-state index in [1.807, 2.05) is 24.7 Å². The van der Waals surface area contributed by atoms with Gasteiger partial charge in [-0.3, -0.25) is 4.79 Å². The van der Waals surface area contributed by atoms with Crippen molar-refractivity contribution < 1.29 is 9.90 Å². The molecule has 0 saturated carbocycles. The van der Waals surface area contributed by atoms with E-state index in [0.717, 1.165) is 30.5 Å². The average molecular weight is 264 g/mol. The number of unbranched alkanes of at least 4 members (excludes halogenated alkanes) is 1. The maximum Gasteiger partial charge on any atom is 0.313 e. The summed E-state index contributed by atoms with van der Waals surface area (Å²) in [5.41, 5.74) is 2.38. The predicted octanol–water partition coefficient (Wildman–Crippen LogP) is 2.47. The second-order valence-electron chi connectivity index (χ2n) is 4.11. The number of carbonyl (C=O) groups is 1. The number of fused-ring (bicyclic) bond motifs is 1. The van der Waals surface area contributed by atoms with Crippen molar-refractivity contribution in [2.24, 2.45) is 0 Å². The number of carboxylic acid groups (broad SMARTS) is 1. The Bertz CT molecular complexity index is 524. The molecule has 1 N–H and O–H groups in total. The molecule has 2 aromatic heterocycles. The number of nitrogens with zero attached hydrogens (tertiary/aromatic N) is 2. The molecule has 96 valence electrons. The lowest BCUT2D eigenvalue weighted by Crippen LogP contribution is -1.99. The van der Waals surface area contributed by atoms with Gasteiger partial charge in [-0.2, -0.15) is 11.8 Å². The van der Waals surface area contributed by atoms with Crippen molar-refractivity contribution in [2.75, 3.05) is 11.5 Å². The SMILES string of the molecule is O=C(O)CSCCCCc1cccc2cncn12. The van der Waals surface area contributed by atoms with Gasteiger partial charge in [0.25, 0.3) is 0 Å². The smallest absolute Gasteiger partial charge is 0.313 e. The summed E-state index contributed by atoms with van der Waals surface area (Å²) in [6, 6.07) is 6.20. The molecule has 0 saturated heterocycles. The van der Waals surface area contributed by atoms with Crippen molar-refractivity contribution in [3.8, 4) is 0 Å². The van der Waals surface area contributed by atoms with Gasteiger partial charge in [-0.05, 0) is 37.1 Å². The van der Waals surface area contributed by atoms with E-state index < -0.39 is 5.97 Å². The average Bonchev–Trinajstić information content (AvgIpc) is 2.82. The standard InChI is InChI=1S/C13H16N2O2S/c16-13(17)9-18-7-2-1-4-11-5-3-6-12-8-14-10-15(11)12/h3,5-6,8,10H,1-2,4,7,9H2,(H,16,17). The second-order valence-corrected chi connectivity index (χ2v) is 5.21. The lowest BCUT2D eigenvalue weighted by Gasteiger charge is -2.05. The van der Waals surface area contributed by atoms with E-state index in [0.29, 0.717) is 0 Å². The van der Waals surface area contributed by atoms with Crippen LogP contribution in [0.3, 0.4) is 0 Å². The zero-order valence-electron chi connectivity index (χ0n) is 10.1. The Morgan fingerprint density at radius 1 is 1.39 bits per heavy atom. The fraction of sp³-hybridized carbons (Fsp3) is 0.385. The molecule has 0 aliphatic rings. The number of aliphatic carboxylic acids is 1. The van der Waals surface area contributed by atoms with Crippen LogP contribution >= 0.6 is 11.8 Å². The van der Waals surface area contributed by atoms with Crippen LogP contribution in [0.2, 0.25) is 0 Å². The minimum absolute atomic E-state index is 0.205. The molecule has 2 heterocycles. The molecule has 0 bridgehead atoms. The first-order chi connectivity index (χ1) is 8.77. The number of aromatic nitrogens is 2. The van der Waals surface area contributed by atoms with Crippen LogP contribution in [-0.4, -0.2) is 32.0 Å². The first-order valence-electron chi connectivity index (χ1n) is 5.97. The quantitative estimate of drug-likeness (QED) is 0.781. The molecule has 4 nitrogen and oxygen atoms in total. The molecule has 0 atom stereocenters. The van der Waals surface area contributed by atoms with Crippen LogP contribution in [0.4, 0.5) is 0 Å². The molecule has 0 spiro atoms. The lowest BCUT2D eigenvalue weighted by atomic mass is 10.2. The minimum Gasteiger partial charge on any atom is -0.481 e. The van der Waals surface area contributed by atoms with Crippen molar-refractivity contribution in [1.29, 1.82) is 0 Å². The highest BCUT2D eigenvalue weighted by Crippen LogP contribution is 2.11. The van der Waals surface area contributed by atoms with Crippen LogP contribution in [0.1, 0.15) is 18.5 Å². The van der Waals surface area contributed by atoms with Gasteiger partial charge in [0.15, 0.2) is 0 Å². The number of hydrogen-bond donors (Lipinski definition) is 1.